The molecule has 0 amide bonds. The molecule has 68 heavy (non-hydrogen) atoms. The molecule has 0 fully saturated rings. The molecule has 3 aromatic heterocycles. The van der Waals surface area contributed by atoms with E-state index in [9.17, 15) is 5.26 Å². The van der Waals surface area contributed by atoms with E-state index in [0.717, 1.165) is 66.7 Å². The van der Waals surface area contributed by atoms with Crippen LogP contribution in [0.5, 0.6) is 0 Å². The Balaban J connectivity index is 0.000000289. The molecule has 0 spiro atoms. The number of furan rings is 1. The average Bonchev–Trinajstić information content (AvgIpc) is 3.98. The molecule has 0 bridgehead atoms. The zero-order valence-corrected chi connectivity index (χ0v) is 42.5. The molecule has 0 aliphatic heterocycles. The van der Waals surface area contributed by atoms with Gasteiger partial charge in [-0.15, -0.1) is 54.1 Å². The van der Waals surface area contributed by atoms with E-state index in [2.05, 4.69) is 193 Å². The summed E-state index contributed by atoms with van der Waals surface area (Å²) in [6, 6.07) is 59.7. The van der Waals surface area contributed by atoms with Crippen LogP contribution >= 0.6 is 0 Å². The molecule has 6 heteroatoms. The zero-order valence-electron chi connectivity index (χ0n) is 40.1. The predicted molar refractivity (Wildman–Crippen MR) is 276 cm³/mol. The number of hydrogen-bond acceptors (Lipinski definition) is 4. The fourth-order valence-corrected chi connectivity index (χ4v) is 9.84. The minimum absolute atomic E-state index is 0. The van der Waals surface area contributed by atoms with Gasteiger partial charge in [-0.3, -0.25) is 4.98 Å². The van der Waals surface area contributed by atoms with Crippen LogP contribution in [0.2, 0.25) is 0 Å². The van der Waals surface area contributed by atoms with Crippen LogP contribution in [-0.2, 0) is 30.9 Å². The van der Waals surface area contributed by atoms with E-state index in [0.29, 0.717) is 5.56 Å². The average molecular weight is 1060 g/mol. The molecule has 11 rings (SSSR count). The van der Waals surface area contributed by atoms with Crippen LogP contribution in [0.1, 0.15) is 108 Å². The number of nitriles is 1. The summed E-state index contributed by atoms with van der Waals surface area (Å²) in [6.07, 6.45) is 1.87. The van der Waals surface area contributed by atoms with Crippen molar-refractivity contribution in [2.24, 2.45) is 0 Å². The minimum atomic E-state index is -0.251. The number of pyridine rings is 1. The van der Waals surface area contributed by atoms with Crippen LogP contribution in [0.15, 0.2) is 156 Å². The van der Waals surface area contributed by atoms with Gasteiger partial charge in [0.1, 0.15) is 5.58 Å². The summed E-state index contributed by atoms with van der Waals surface area (Å²) in [5.74, 6) is 1.34. The Morgan fingerprint density at radius 2 is 1.40 bits per heavy atom. The maximum atomic E-state index is 9.62. The Morgan fingerprint density at radius 3 is 2.09 bits per heavy atom. The van der Waals surface area contributed by atoms with Crippen molar-refractivity contribution in [2.75, 3.05) is 0 Å². The Bertz CT molecular complexity index is 3520. The molecule has 0 N–H and O–H groups in total. The topological polar surface area (TPSA) is 67.6 Å². The van der Waals surface area contributed by atoms with Crippen molar-refractivity contribution >= 4 is 33.0 Å². The fourth-order valence-electron chi connectivity index (χ4n) is 9.84. The summed E-state index contributed by atoms with van der Waals surface area (Å²) in [6.45, 7) is 20.2. The quantitative estimate of drug-likeness (QED) is 0.156. The number of nitrogens with zero attached hydrogens (tertiary/aromatic N) is 4. The number of aromatic nitrogens is 3. The first kappa shape index (κ1) is 46.2. The molecule has 10 aromatic rings. The summed E-state index contributed by atoms with van der Waals surface area (Å²) in [5.41, 5.74) is 19.3. The maximum Gasteiger partial charge on any atom is 0.121 e. The first-order chi connectivity index (χ1) is 32.2. The molecule has 0 saturated carbocycles. The van der Waals surface area contributed by atoms with E-state index in [1.54, 1.807) is 0 Å². The predicted octanol–water partition coefficient (Wildman–Crippen LogP) is 16.3. The number of fused-ring (bicyclic) bond motifs is 7. The Hall–Kier alpha value is -6.90. The number of hydrogen-bond donors (Lipinski definition) is 0. The van der Waals surface area contributed by atoms with Crippen LogP contribution in [0, 0.1) is 23.5 Å². The van der Waals surface area contributed by atoms with Crippen LogP contribution in [-0.4, -0.2) is 14.5 Å². The van der Waals surface area contributed by atoms with Crippen LogP contribution in [0.3, 0.4) is 0 Å². The third-order valence-electron chi connectivity index (χ3n) is 13.5. The van der Waals surface area contributed by atoms with Crippen molar-refractivity contribution in [1.82, 2.24) is 14.5 Å². The molecular weight excluding hydrogens is 1010 g/mol. The normalized spacial score (nSPS) is 12.7. The number of rotatable bonds is 6. The van der Waals surface area contributed by atoms with E-state index >= 15 is 0 Å². The molecule has 1 radical (unpaired) electrons. The molecule has 339 valence electrons. The molecule has 0 atom stereocenters. The fraction of sp³-hybridized carbons (Fsp3) is 0.210. The smallest absolute Gasteiger partial charge is 0.121 e. The SMILES string of the molecule is CC(C)(C)c1ccnc(-c2[c-]cccc2)c1.CC(C)c1cc(-c2ccccc2)cc(C(C)C)c1-n1c(-c2[c-]ccc3c2oc2cc4c(cc23)C(C)(C)c2cc(C#N)ccc2-4)nc2ccccc21.[Ir]. The molecule has 1 aliphatic rings. The molecule has 0 saturated heterocycles. The minimum Gasteiger partial charge on any atom is -0.501 e. The third kappa shape index (κ3) is 8.08. The first-order valence-corrected chi connectivity index (χ1v) is 23.3. The summed E-state index contributed by atoms with van der Waals surface area (Å²) in [4.78, 5) is 9.73. The third-order valence-corrected chi connectivity index (χ3v) is 13.5. The second-order valence-corrected chi connectivity index (χ2v) is 20.0. The molecule has 3 heterocycles. The van der Waals surface area contributed by atoms with Gasteiger partial charge in [-0.1, -0.05) is 128 Å². The van der Waals surface area contributed by atoms with Crippen LogP contribution in [0.4, 0.5) is 0 Å². The van der Waals surface area contributed by atoms with Gasteiger partial charge < -0.3 is 14.0 Å². The van der Waals surface area contributed by atoms with Crippen molar-refractivity contribution in [3.63, 3.8) is 0 Å². The maximum absolute atomic E-state index is 9.62. The monoisotopic (exact) mass is 1060 g/mol. The van der Waals surface area contributed by atoms with E-state index < -0.39 is 0 Å². The van der Waals surface area contributed by atoms with Crippen molar-refractivity contribution in [3.05, 3.63) is 197 Å². The Kier molecular flexibility index (Phi) is 12.2. The van der Waals surface area contributed by atoms with Gasteiger partial charge in [0.05, 0.1) is 34.1 Å². The van der Waals surface area contributed by atoms with Gasteiger partial charge in [0.25, 0.3) is 0 Å². The van der Waals surface area contributed by atoms with Crippen molar-refractivity contribution in [3.8, 4) is 56.7 Å². The molecule has 1 aliphatic carbocycles. The second-order valence-electron chi connectivity index (χ2n) is 20.0. The summed E-state index contributed by atoms with van der Waals surface area (Å²) in [5, 5.41) is 11.7. The van der Waals surface area contributed by atoms with Gasteiger partial charge in [-0.05, 0) is 128 Å². The van der Waals surface area contributed by atoms with Gasteiger partial charge in [0, 0.05) is 42.8 Å². The number of benzene rings is 7. The molecule has 5 nitrogen and oxygen atoms in total. The second kappa shape index (κ2) is 18.0. The van der Waals surface area contributed by atoms with Crippen molar-refractivity contribution < 1.29 is 24.5 Å². The Morgan fingerprint density at radius 1 is 0.691 bits per heavy atom. The number of imidazole rings is 1. The summed E-state index contributed by atoms with van der Waals surface area (Å²) >= 11 is 0. The van der Waals surface area contributed by atoms with Crippen molar-refractivity contribution in [2.45, 2.75) is 85.0 Å². The summed E-state index contributed by atoms with van der Waals surface area (Å²) < 4.78 is 9.23. The van der Waals surface area contributed by atoms with E-state index in [-0.39, 0.29) is 42.8 Å². The van der Waals surface area contributed by atoms with Gasteiger partial charge in [0.2, 0.25) is 0 Å². The molecule has 0 unspecified atom stereocenters. The Labute approximate surface area is 413 Å². The van der Waals surface area contributed by atoms with E-state index in [1.165, 1.54) is 44.6 Å². The van der Waals surface area contributed by atoms with Crippen LogP contribution < -0.4 is 0 Å². The zero-order chi connectivity index (χ0) is 46.8. The molecule has 7 aromatic carbocycles. The van der Waals surface area contributed by atoms with Gasteiger partial charge >= 0.3 is 0 Å². The van der Waals surface area contributed by atoms with Gasteiger partial charge in [-0.2, -0.15) is 5.26 Å². The standard InChI is InChI=1S/C47H38N3O.C15H16N.Ir/c1-27(2)35-22-31(30-13-8-7-9-14-30)23-36(28(3)4)44(35)50-42-18-11-10-17-41(42)49-46(50)34-16-12-15-33-38-24-40-37(25-43(38)51-45(33)34)32-20-19-29(26-48)21-39(32)47(40,5)6;1-15(2,3)13-9-10-16-14(11-13)12-7-5-4-6-8-12;/h7-15,17-25,27-28H,1-6H3;4-7,9-11H,1-3H3;/q2*-1;. The largest absolute Gasteiger partial charge is 0.501 e. The van der Waals surface area contributed by atoms with E-state index in [4.69, 9.17) is 9.40 Å². The first-order valence-electron chi connectivity index (χ1n) is 23.3. The van der Waals surface area contributed by atoms with E-state index in [1.807, 2.05) is 48.7 Å². The molecular formula is C62H54IrN4O-2. The van der Waals surface area contributed by atoms with Gasteiger partial charge in [0.15, 0.2) is 0 Å². The summed E-state index contributed by atoms with van der Waals surface area (Å²) in [7, 11) is 0. The number of para-hydroxylation sites is 2. The van der Waals surface area contributed by atoms with Crippen LogP contribution in [0.25, 0.3) is 83.6 Å². The van der Waals surface area contributed by atoms with Crippen molar-refractivity contribution in [1.29, 1.82) is 5.26 Å². The van der Waals surface area contributed by atoms with Gasteiger partial charge in [-0.25, -0.2) is 0 Å².